The zero-order valence-corrected chi connectivity index (χ0v) is 9.30. The average molecular weight is 200 g/mol. The SMILES string of the molecule is CC.CN1CCC2(CC1)CNC(=O)O2. The molecule has 1 N–H and O–H groups in total. The average Bonchev–Trinajstić information content (AvgIpc) is 2.57. The van der Waals surface area contributed by atoms with Gasteiger partial charge >= 0.3 is 6.09 Å². The van der Waals surface area contributed by atoms with E-state index >= 15 is 0 Å². The molecule has 4 heteroatoms. The van der Waals surface area contributed by atoms with Gasteiger partial charge in [-0.15, -0.1) is 0 Å². The molecule has 0 bridgehead atoms. The number of piperidine rings is 1. The van der Waals surface area contributed by atoms with Crippen LogP contribution in [0.5, 0.6) is 0 Å². The van der Waals surface area contributed by atoms with Crippen LogP contribution in [0.4, 0.5) is 4.79 Å². The summed E-state index contributed by atoms with van der Waals surface area (Å²) in [6, 6.07) is 0. The molecule has 2 fully saturated rings. The van der Waals surface area contributed by atoms with E-state index in [4.69, 9.17) is 4.74 Å². The topological polar surface area (TPSA) is 41.6 Å². The van der Waals surface area contributed by atoms with Gasteiger partial charge in [0.25, 0.3) is 0 Å². The summed E-state index contributed by atoms with van der Waals surface area (Å²) in [6.45, 7) is 6.74. The third kappa shape index (κ3) is 2.38. The first-order valence-electron chi connectivity index (χ1n) is 5.36. The molecule has 0 radical (unpaired) electrons. The summed E-state index contributed by atoms with van der Waals surface area (Å²) in [4.78, 5) is 13.1. The number of hydrogen-bond acceptors (Lipinski definition) is 3. The predicted octanol–water partition coefficient (Wildman–Crippen LogP) is 1.22. The zero-order valence-electron chi connectivity index (χ0n) is 9.30. The number of amides is 1. The van der Waals surface area contributed by atoms with E-state index in [1.165, 1.54) is 0 Å². The quantitative estimate of drug-likeness (QED) is 0.639. The molecule has 1 spiro atoms. The van der Waals surface area contributed by atoms with Crippen LogP contribution in [0.15, 0.2) is 0 Å². The van der Waals surface area contributed by atoms with E-state index in [9.17, 15) is 4.79 Å². The molecule has 0 saturated carbocycles. The van der Waals surface area contributed by atoms with E-state index in [-0.39, 0.29) is 11.7 Å². The molecule has 2 saturated heterocycles. The van der Waals surface area contributed by atoms with Crippen LogP contribution in [0, 0.1) is 0 Å². The molecule has 0 unspecified atom stereocenters. The van der Waals surface area contributed by atoms with Crippen molar-refractivity contribution in [1.82, 2.24) is 10.2 Å². The van der Waals surface area contributed by atoms with Gasteiger partial charge in [-0.05, 0) is 7.05 Å². The van der Waals surface area contributed by atoms with Crippen LogP contribution < -0.4 is 5.32 Å². The molecule has 0 aromatic carbocycles. The van der Waals surface area contributed by atoms with Gasteiger partial charge in [-0.25, -0.2) is 4.79 Å². The van der Waals surface area contributed by atoms with E-state index in [1.807, 2.05) is 13.8 Å². The van der Waals surface area contributed by atoms with Crippen molar-refractivity contribution >= 4 is 6.09 Å². The van der Waals surface area contributed by atoms with Crippen molar-refractivity contribution in [2.45, 2.75) is 32.3 Å². The molecule has 0 aromatic heterocycles. The molecule has 2 aliphatic heterocycles. The third-order valence-electron chi connectivity index (χ3n) is 2.76. The first-order chi connectivity index (χ1) is 6.70. The maximum atomic E-state index is 10.9. The molecule has 0 aromatic rings. The maximum absolute atomic E-state index is 10.9. The number of carbonyl (C=O) groups is 1. The number of alkyl carbamates (subject to hydrolysis) is 1. The van der Waals surface area contributed by atoms with Crippen molar-refractivity contribution in [2.24, 2.45) is 0 Å². The van der Waals surface area contributed by atoms with Crippen LogP contribution in [0.2, 0.25) is 0 Å². The van der Waals surface area contributed by atoms with Crippen LogP contribution in [0.25, 0.3) is 0 Å². The minimum Gasteiger partial charge on any atom is -0.441 e. The number of hydrogen-bond donors (Lipinski definition) is 1. The molecular weight excluding hydrogens is 180 g/mol. The summed E-state index contributed by atoms with van der Waals surface area (Å²) in [5.41, 5.74) is -0.177. The number of nitrogens with zero attached hydrogens (tertiary/aromatic N) is 1. The molecule has 0 aliphatic carbocycles. The summed E-state index contributed by atoms with van der Waals surface area (Å²) < 4.78 is 5.26. The van der Waals surface area contributed by atoms with Gasteiger partial charge in [0.15, 0.2) is 0 Å². The van der Waals surface area contributed by atoms with Crippen LogP contribution in [-0.2, 0) is 4.74 Å². The minimum atomic E-state index is -0.250. The van der Waals surface area contributed by atoms with Crippen LogP contribution in [0.3, 0.4) is 0 Å². The molecule has 0 atom stereocenters. The van der Waals surface area contributed by atoms with Crippen LogP contribution >= 0.6 is 0 Å². The van der Waals surface area contributed by atoms with Crippen LogP contribution in [0.1, 0.15) is 26.7 Å². The summed E-state index contributed by atoms with van der Waals surface area (Å²) in [7, 11) is 2.09. The summed E-state index contributed by atoms with van der Waals surface area (Å²) in [6.07, 6.45) is 1.67. The second kappa shape index (κ2) is 4.64. The molecule has 2 rings (SSSR count). The van der Waals surface area contributed by atoms with E-state index < -0.39 is 0 Å². The second-order valence-corrected chi connectivity index (χ2v) is 3.73. The predicted molar refractivity (Wildman–Crippen MR) is 55.3 cm³/mol. The van der Waals surface area contributed by atoms with Gasteiger partial charge in [0.2, 0.25) is 0 Å². The van der Waals surface area contributed by atoms with Gasteiger partial charge in [-0.3, -0.25) is 0 Å². The molecule has 4 nitrogen and oxygen atoms in total. The lowest BCUT2D eigenvalue weighted by Gasteiger charge is -2.35. The maximum Gasteiger partial charge on any atom is 0.407 e. The fraction of sp³-hybridized carbons (Fsp3) is 0.900. The van der Waals surface area contributed by atoms with E-state index in [1.54, 1.807) is 0 Å². The number of likely N-dealkylation sites (tertiary alicyclic amines) is 1. The highest BCUT2D eigenvalue weighted by Crippen LogP contribution is 2.28. The molecule has 14 heavy (non-hydrogen) atoms. The van der Waals surface area contributed by atoms with Gasteiger partial charge < -0.3 is 15.0 Å². The molecule has 1 amide bonds. The highest BCUT2D eigenvalue weighted by Gasteiger charge is 2.41. The molecule has 2 heterocycles. The Morgan fingerprint density at radius 3 is 2.36 bits per heavy atom. The lowest BCUT2D eigenvalue weighted by Crippen LogP contribution is -2.45. The smallest absolute Gasteiger partial charge is 0.407 e. The van der Waals surface area contributed by atoms with Gasteiger partial charge in [-0.2, -0.15) is 0 Å². The second-order valence-electron chi connectivity index (χ2n) is 3.73. The fourth-order valence-electron chi connectivity index (χ4n) is 1.81. The lowest BCUT2D eigenvalue weighted by molar-refractivity contribution is 0.00675. The van der Waals surface area contributed by atoms with E-state index in [0.717, 1.165) is 25.9 Å². The number of carbonyl (C=O) groups excluding carboxylic acids is 1. The first kappa shape index (κ1) is 11.3. The first-order valence-corrected chi connectivity index (χ1v) is 5.36. The van der Waals surface area contributed by atoms with Crippen molar-refractivity contribution in [3.63, 3.8) is 0 Å². The van der Waals surface area contributed by atoms with Gasteiger partial charge in [-0.1, -0.05) is 13.8 Å². The number of ether oxygens (including phenoxy) is 1. The fourth-order valence-corrected chi connectivity index (χ4v) is 1.81. The highest BCUT2D eigenvalue weighted by atomic mass is 16.6. The Balaban J connectivity index is 0.000000461. The van der Waals surface area contributed by atoms with Crippen molar-refractivity contribution in [2.75, 3.05) is 26.7 Å². The molecular formula is C10H20N2O2. The minimum absolute atomic E-state index is 0.177. The van der Waals surface area contributed by atoms with Gasteiger partial charge in [0, 0.05) is 25.9 Å². The highest BCUT2D eigenvalue weighted by molar-refractivity contribution is 5.70. The number of nitrogens with one attached hydrogen (secondary N) is 1. The normalized spacial score (nSPS) is 24.9. The molecule has 82 valence electrons. The van der Waals surface area contributed by atoms with Gasteiger partial charge in [0.05, 0.1) is 6.54 Å². The summed E-state index contributed by atoms with van der Waals surface area (Å²) >= 11 is 0. The van der Waals surface area contributed by atoms with Gasteiger partial charge in [0.1, 0.15) is 5.60 Å². The van der Waals surface area contributed by atoms with E-state index in [0.29, 0.717) is 6.54 Å². The Bertz CT molecular complexity index is 198. The van der Waals surface area contributed by atoms with Crippen LogP contribution in [-0.4, -0.2) is 43.3 Å². The Morgan fingerprint density at radius 2 is 1.93 bits per heavy atom. The van der Waals surface area contributed by atoms with Crippen molar-refractivity contribution in [3.8, 4) is 0 Å². The Labute approximate surface area is 85.6 Å². The lowest BCUT2D eigenvalue weighted by atomic mass is 9.92. The summed E-state index contributed by atoms with van der Waals surface area (Å²) in [5, 5.41) is 2.72. The van der Waals surface area contributed by atoms with Crippen molar-refractivity contribution in [3.05, 3.63) is 0 Å². The Hall–Kier alpha value is -0.770. The third-order valence-corrected chi connectivity index (χ3v) is 2.76. The summed E-state index contributed by atoms with van der Waals surface area (Å²) in [5.74, 6) is 0. The van der Waals surface area contributed by atoms with E-state index in [2.05, 4.69) is 17.3 Å². The van der Waals surface area contributed by atoms with Crippen molar-refractivity contribution in [1.29, 1.82) is 0 Å². The Morgan fingerprint density at radius 1 is 1.36 bits per heavy atom. The largest absolute Gasteiger partial charge is 0.441 e. The van der Waals surface area contributed by atoms with Crippen molar-refractivity contribution < 1.29 is 9.53 Å². The zero-order chi connectivity index (χ0) is 10.6. The standard InChI is InChI=1S/C8H14N2O2.C2H6/c1-10-4-2-8(3-5-10)6-9-7(11)12-8;1-2/h2-6H2,1H3,(H,9,11);1-2H3. The Kier molecular flexibility index (Phi) is 3.75. The number of rotatable bonds is 0. The molecule has 2 aliphatic rings. The monoisotopic (exact) mass is 200 g/mol.